The van der Waals surface area contributed by atoms with Crippen LogP contribution in [0.1, 0.15) is 33.6 Å². The molecule has 1 aliphatic rings. The van der Waals surface area contributed by atoms with E-state index in [2.05, 4.69) is 5.32 Å². The van der Waals surface area contributed by atoms with E-state index in [1.165, 1.54) is 0 Å². The largest absolute Gasteiger partial charge is 0.388 e. The zero-order valence-corrected chi connectivity index (χ0v) is 7.98. The molecule has 0 aliphatic heterocycles. The minimum Gasteiger partial charge on any atom is -0.388 e. The average molecular weight is 171 g/mol. The van der Waals surface area contributed by atoms with Gasteiger partial charge in [-0.15, -0.1) is 0 Å². The topological polar surface area (TPSA) is 49.3 Å². The van der Waals surface area contributed by atoms with Crippen LogP contribution >= 0.6 is 0 Å². The van der Waals surface area contributed by atoms with E-state index in [-0.39, 0.29) is 11.3 Å². The summed E-state index contributed by atoms with van der Waals surface area (Å²) in [5, 5.41) is 12.2. The van der Waals surface area contributed by atoms with Crippen molar-refractivity contribution in [2.24, 2.45) is 5.41 Å². The summed E-state index contributed by atoms with van der Waals surface area (Å²) in [5.41, 5.74) is -0.938. The molecule has 12 heavy (non-hydrogen) atoms. The summed E-state index contributed by atoms with van der Waals surface area (Å²) in [6.07, 6.45) is 1.63. The van der Waals surface area contributed by atoms with Gasteiger partial charge < -0.3 is 10.4 Å². The first-order valence-corrected chi connectivity index (χ1v) is 4.34. The van der Waals surface area contributed by atoms with E-state index >= 15 is 0 Å². The van der Waals surface area contributed by atoms with Crippen LogP contribution in [-0.2, 0) is 4.79 Å². The standard InChI is InChI=1S/C9H17NO2/c1-8(2,3)7(11)10-6-9(12)4-5-9/h12H,4-6H2,1-3H3,(H,10,11). The summed E-state index contributed by atoms with van der Waals surface area (Å²) in [4.78, 5) is 11.3. The third-order valence-corrected chi connectivity index (χ3v) is 2.09. The summed E-state index contributed by atoms with van der Waals surface area (Å²) < 4.78 is 0. The normalized spacial score (nSPS) is 20.3. The number of carbonyl (C=O) groups excluding carboxylic acids is 1. The van der Waals surface area contributed by atoms with Crippen LogP contribution in [-0.4, -0.2) is 23.2 Å². The second-order valence-corrected chi connectivity index (χ2v) is 4.66. The molecular weight excluding hydrogens is 154 g/mol. The molecule has 0 saturated heterocycles. The summed E-state index contributed by atoms with van der Waals surface area (Å²) >= 11 is 0. The molecule has 3 heteroatoms. The molecule has 1 aliphatic carbocycles. The Hall–Kier alpha value is -0.570. The molecule has 0 bridgehead atoms. The van der Waals surface area contributed by atoms with Crippen LogP contribution in [0.5, 0.6) is 0 Å². The molecule has 0 unspecified atom stereocenters. The van der Waals surface area contributed by atoms with E-state index in [0.717, 1.165) is 12.8 Å². The predicted octanol–water partition coefficient (Wildman–Crippen LogP) is 0.674. The van der Waals surface area contributed by atoms with Crippen molar-refractivity contribution in [3.05, 3.63) is 0 Å². The van der Waals surface area contributed by atoms with Crippen LogP contribution in [0, 0.1) is 5.41 Å². The fraction of sp³-hybridized carbons (Fsp3) is 0.889. The third kappa shape index (κ3) is 2.48. The van der Waals surface area contributed by atoms with Gasteiger partial charge in [0.2, 0.25) is 5.91 Å². The fourth-order valence-corrected chi connectivity index (χ4v) is 0.831. The van der Waals surface area contributed by atoms with Crippen molar-refractivity contribution in [2.75, 3.05) is 6.54 Å². The minimum atomic E-state index is -0.582. The molecule has 0 aromatic heterocycles. The maximum Gasteiger partial charge on any atom is 0.225 e. The van der Waals surface area contributed by atoms with Crippen molar-refractivity contribution in [1.82, 2.24) is 5.32 Å². The quantitative estimate of drug-likeness (QED) is 0.641. The van der Waals surface area contributed by atoms with Crippen molar-refractivity contribution in [2.45, 2.75) is 39.2 Å². The maximum absolute atomic E-state index is 11.3. The highest BCUT2D eigenvalue weighted by Crippen LogP contribution is 2.34. The summed E-state index contributed by atoms with van der Waals surface area (Å²) in [5.74, 6) is 0.00262. The van der Waals surface area contributed by atoms with E-state index in [0.29, 0.717) is 6.54 Å². The number of carbonyl (C=O) groups is 1. The molecule has 1 rings (SSSR count). The Morgan fingerprint density at radius 2 is 2.00 bits per heavy atom. The van der Waals surface area contributed by atoms with Gasteiger partial charge in [-0.25, -0.2) is 0 Å². The molecule has 0 spiro atoms. The summed E-state index contributed by atoms with van der Waals surface area (Å²) in [7, 11) is 0. The Labute approximate surface area is 73.2 Å². The number of nitrogens with one attached hydrogen (secondary N) is 1. The third-order valence-electron chi connectivity index (χ3n) is 2.09. The Morgan fingerprint density at radius 1 is 1.50 bits per heavy atom. The lowest BCUT2D eigenvalue weighted by atomic mass is 9.95. The molecule has 0 radical (unpaired) electrons. The van der Waals surface area contributed by atoms with Gasteiger partial charge in [-0.05, 0) is 12.8 Å². The van der Waals surface area contributed by atoms with Gasteiger partial charge in [-0.3, -0.25) is 4.79 Å². The van der Waals surface area contributed by atoms with Gasteiger partial charge >= 0.3 is 0 Å². The zero-order valence-electron chi connectivity index (χ0n) is 7.98. The molecule has 1 amide bonds. The van der Waals surface area contributed by atoms with E-state index in [1.807, 2.05) is 20.8 Å². The highest BCUT2D eigenvalue weighted by Gasteiger charge is 2.40. The number of hydrogen-bond donors (Lipinski definition) is 2. The molecule has 2 N–H and O–H groups in total. The summed E-state index contributed by atoms with van der Waals surface area (Å²) in [6.45, 7) is 5.99. The SMILES string of the molecule is CC(C)(C)C(=O)NCC1(O)CC1. The Morgan fingerprint density at radius 3 is 2.33 bits per heavy atom. The first kappa shape index (κ1) is 9.52. The van der Waals surface area contributed by atoms with Crippen molar-refractivity contribution in [3.8, 4) is 0 Å². The molecule has 3 nitrogen and oxygen atoms in total. The number of aliphatic hydroxyl groups is 1. The zero-order chi connectivity index (χ0) is 9.41. The van der Waals surface area contributed by atoms with Gasteiger partial charge in [0.15, 0.2) is 0 Å². The van der Waals surface area contributed by atoms with Gasteiger partial charge in [0.05, 0.1) is 5.60 Å². The molecule has 0 aromatic rings. The highest BCUT2D eigenvalue weighted by atomic mass is 16.3. The first-order chi connectivity index (χ1) is 5.33. The molecular formula is C9H17NO2. The molecule has 0 aromatic carbocycles. The Bertz CT molecular complexity index is 189. The molecule has 0 atom stereocenters. The van der Waals surface area contributed by atoms with Gasteiger partial charge in [0.1, 0.15) is 0 Å². The average Bonchev–Trinajstić information content (AvgIpc) is 2.62. The van der Waals surface area contributed by atoms with Crippen LogP contribution < -0.4 is 5.32 Å². The highest BCUT2D eigenvalue weighted by molar-refractivity contribution is 5.81. The van der Waals surface area contributed by atoms with Crippen molar-refractivity contribution < 1.29 is 9.90 Å². The number of rotatable bonds is 2. The van der Waals surface area contributed by atoms with Crippen molar-refractivity contribution >= 4 is 5.91 Å². The fourth-order valence-electron chi connectivity index (χ4n) is 0.831. The van der Waals surface area contributed by atoms with Crippen LogP contribution in [0.25, 0.3) is 0 Å². The van der Waals surface area contributed by atoms with Crippen molar-refractivity contribution in [3.63, 3.8) is 0 Å². The van der Waals surface area contributed by atoms with Gasteiger partial charge in [-0.2, -0.15) is 0 Å². The van der Waals surface area contributed by atoms with E-state index in [9.17, 15) is 9.90 Å². The smallest absolute Gasteiger partial charge is 0.225 e. The maximum atomic E-state index is 11.3. The van der Waals surface area contributed by atoms with E-state index < -0.39 is 5.60 Å². The second-order valence-electron chi connectivity index (χ2n) is 4.66. The minimum absolute atomic E-state index is 0.00262. The molecule has 70 valence electrons. The van der Waals surface area contributed by atoms with Gasteiger partial charge in [-0.1, -0.05) is 20.8 Å². The van der Waals surface area contributed by atoms with Crippen LogP contribution in [0.15, 0.2) is 0 Å². The van der Waals surface area contributed by atoms with E-state index in [4.69, 9.17) is 0 Å². The van der Waals surface area contributed by atoms with Crippen LogP contribution in [0.2, 0.25) is 0 Å². The molecule has 1 fully saturated rings. The van der Waals surface area contributed by atoms with Crippen LogP contribution in [0.4, 0.5) is 0 Å². The van der Waals surface area contributed by atoms with Crippen LogP contribution in [0.3, 0.4) is 0 Å². The predicted molar refractivity (Wildman–Crippen MR) is 46.6 cm³/mol. The number of amides is 1. The number of hydrogen-bond acceptors (Lipinski definition) is 2. The Balaban J connectivity index is 2.28. The molecule has 1 saturated carbocycles. The summed E-state index contributed by atoms with van der Waals surface area (Å²) in [6, 6.07) is 0. The van der Waals surface area contributed by atoms with Crippen molar-refractivity contribution in [1.29, 1.82) is 0 Å². The monoisotopic (exact) mass is 171 g/mol. The second kappa shape index (κ2) is 2.73. The van der Waals surface area contributed by atoms with Gasteiger partial charge in [0, 0.05) is 12.0 Å². The lowest BCUT2D eigenvalue weighted by Gasteiger charge is -2.19. The lowest BCUT2D eigenvalue weighted by Crippen LogP contribution is -2.40. The lowest BCUT2D eigenvalue weighted by molar-refractivity contribution is -0.129. The van der Waals surface area contributed by atoms with E-state index in [1.54, 1.807) is 0 Å². The van der Waals surface area contributed by atoms with Gasteiger partial charge in [0.25, 0.3) is 0 Å². The first-order valence-electron chi connectivity index (χ1n) is 4.34. The Kier molecular flexibility index (Phi) is 2.17. The molecule has 0 heterocycles.